The summed E-state index contributed by atoms with van der Waals surface area (Å²) in [6, 6.07) is 6.86. The minimum Gasteiger partial charge on any atom is -0.494 e. The number of imide groups is 1. The molecule has 9 nitrogen and oxygen atoms in total. The van der Waals surface area contributed by atoms with Crippen molar-refractivity contribution in [1.82, 2.24) is 25.3 Å². The Morgan fingerprint density at radius 1 is 1.05 bits per heavy atom. The van der Waals surface area contributed by atoms with Crippen molar-refractivity contribution in [1.29, 1.82) is 0 Å². The summed E-state index contributed by atoms with van der Waals surface area (Å²) in [7, 11) is 1.30. The number of ether oxygens (including phenoxy) is 1. The minimum absolute atomic E-state index is 0.0253. The Balaban J connectivity index is 1.35. The number of hydrogen-bond acceptors (Lipinski definition) is 6. The number of nitrogens with one attached hydrogen (secondary N) is 2. The first-order valence-corrected chi connectivity index (χ1v) is 12.8. The van der Waals surface area contributed by atoms with E-state index in [0.29, 0.717) is 23.2 Å². The van der Waals surface area contributed by atoms with Gasteiger partial charge in [-0.3, -0.25) is 19.8 Å². The van der Waals surface area contributed by atoms with Crippen LogP contribution in [-0.4, -0.2) is 84.5 Å². The number of halogens is 2. The van der Waals surface area contributed by atoms with Gasteiger partial charge in [-0.25, -0.2) is 13.6 Å². The van der Waals surface area contributed by atoms with Crippen LogP contribution in [0.2, 0.25) is 0 Å². The maximum absolute atomic E-state index is 15.0. The quantitative estimate of drug-likeness (QED) is 0.431. The van der Waals surface area contributed by atoms with Gasteiger partial charge in [0.25, 0.3) is 11.8 Å². The molecule has 3 aliphatic rings. The molecule has 2 aromatic carbocycles. The average molecular weight is 538 g/mol. The number of methoxy groups -OCH3 is 1. The molecule has 2 saturated heterocycles. The first-order chi connectivity index (χ1) is 18.7. The number of nitrogens with zero attached hydrogens (tertiary/aromatic N) is 3. The lowest BCUT2D eigenvalue weighted by molar-refractivity contribution is -0.122. The molecular formula is C28H29F2N5O4. The highest BCUT2D eigenvalue weighted by Gasteiger charge is 2.48. The van der Waals surface area contributed by atoms with Crippen molar-refractivity contribution < 1.29 is 27.9 Å². The highest BCUT2D eigenvalue weighted by Crippen LogP contribution is 2.32. The van der Waals surface area contributed by atoms with E-state index in [1.807, 2.05) is 0 Å². The second kappa shape index (κ2) is 10.6. The van der Waals surface area contributed by atoms with Crippen molar-refractivity contribution >= 4 is 17.8 Å². The van der Waals surface area contributed by atoms with E-state index in [0.717, 1.165) is 32.7 Å². The summed E-state index contributed by atoms with van der Waals surface area (Å²) >= 11 is 0. The van der Waals surface area contributed by atoms with E-state index in [1.165, 1.54) is 24.1 Å². The number of likely N-dealkylation sites (N-methyl/N-ethyl adjacent to an activating group) is 1. The van der Waals surface area contributed by atoms with Gasteiger partial charge in [-0.05, 0) is 30.3 Å². The normalized spacial score (nSPS) is 21.3. The Kier molecular flexibility index (Phi) is 7.25. The number of benzene rings is 2. The molecule has 5 rings (SSSR count). The summed E-state index contributed by atoms with van der Waals surface area (Å²) in [6.45, 7) is 6.93. The van der Waals surface area contributed by atoms with Gasteiger partial charge in [0.1, 0.15) is 5.82 Å². The van der Waals surface area contributed by atoms with Crippen LogP contribution in [0.1, 0.15) is 34.0 Å². The largest absolute Gasteiger partial charge is 0.494 e. The Morgan fingerprint density at radius 2 is 1.79 bits per heavy atom. The van der Waals surface area contributed by atoms with E-state index in [1.54, 1.807) is 18.2 Å². The molecule has 1 unspecified atom stereocenters. The molecule has 3 heterocycles. The Labute approximate surface area is 225 Å². The summed E-state index contributed by atoms with van der Waals surface area (Å²) in [5.74, 6) is 2.88. The van der Waals surface area contributed by atoms with Crippen molar-refractivity contribution in [3.63, 3.8) is 0 Å². The van der Waals surface area contributed by atoms with Gasteiger partial charge < -0.3 is 19.9 Å². The van der Waals surface area contributed by atoms with E-state index in [-0.39, 0.29) is 24.4 Å². The summed E-state index contributed by atoms with van der Waals surface area (Å²) in [5.41, 5.74) is -0.642. The van der Waals surface area contributed by atoms with Crippen LogP contribution in [0.15, 0.2) is 30.3 Å². The molecule has 0 aromatic heterocycles. The third-order valence-corrected chi connectivity index (χ3v) is 7.42. The maximum Gasteiger partial charge on any atom is 0.323 e. The van der Waals surface area contributed by atoms with Crippen LogP contribution in [0.5, 0.6) is 5.75 Å². The van der Waals surface area contributed by atoms with E-state index in [9.17, 15) is 23.2 Å². The second-order valence-electron chi connectivity index (χ2n) is 9.86. The van der Waals surface area contributed by atoms with Crippen LogP contribution in [0.4, 0.5) is 13.6 Å². The Hall–Kier alpha value is -4.01. The second-order valence-corrected chi connectivity index (χ2v) is 9.86. The van der Waals surface area contributed by atoms with E-state index >= 15 is 0 Å². The van der Waals surface area contributed by atoms with Crippen molar-refractivity contribution in [2.45, 2.75) is 25.6 Å². The van der Waals surface area contributed by atoms with Crippen LogP contribution in [-0.2, 0) is 17.9 Å². The molecule has 2 N–H and O–H groups in total. The highest BCUT2D eigenvalue weighted by atomic mass is 19.1. The predicted octanol–water partition coefficient (Wildman–Crippen LogP) is 1.70. The maximum atomic E-state index is 15.0. The molecule has 3 aliphatic heterocycles. The molecule has 4 amide bonds. The van der Waals surface area contributed by atoms with Crippen molar-refractivity contribution in [2.75, 3.05) is 46.4 Å². The molecule has 11 heteroatoms. The van der Waals surface area contributed by atoms with Crippen LogP contribution >= 0.6 is 0 Å². The van der Waals surface area contributed by atoms with E-state index < -0.39 is 35.0 Å². The first-order valence-electron chi connectivity index (χ1n) is 12.8. The van der Waals surface area contributed by atoms with Gasteiger partial charge in [0.15, 0.2) is 11.6 Å². The standard InChI is InChI=1S/C28H29F2N5O4/c1-3-33-10-12-34(13-11-33)15-19-5-4-18(14-21(19)29)8-9-28(26(37)31-27(38)32-28)17-35-16-20-6-7-22(39-2)24(30)23(20)25(35)36/h4-7,14H,3,10-13,15-17H2,1-2H3,(H2,31,32,37,38). The van der Waals surface area contributed by atoms with Gasteiger partial charge in [0, 0.05) is 50.4 Å². The molecule has 204 valence electrons. The number of hydrogen-bond donors (Lipinski definition) is 2. The lowest BCUT2D eigenvalue weighted by Crippen LogP contribution is -2.54. The lowest BCUT2D eigenvalue weighted by atomic mass is 9.98. The zero-order valence-electron chi connectivity index (χ0n) is 21.8. The van der Waals surface area contributed by atoms with Gasteiger partial charge >= 0.3 is 6.03 Å². The molecule has 2 aromatic rings. The molecule has 0 radical (unpaired) electrons. The number of amides is 4. The van der Waals surface area contributed by atoms with Gasteiger partial charge in [0.2, 0.25) is 5.54 Å². The van der Waals surface area contributed by atoms with Crippen LogP contribution < -0.4 is 15.4 Å². The van der Waals surface area contributed by atoms with Crippen molar-refractivity contribution in [3.8, 4) is 17.6 Å². The lowest BCUT2D eigenvalue weighted by Gasteiger charge is -2.34. The number of carbonyl (C=O) groups is 3. The topological polar surface area (TPSA) is 94.2 Å². The zero-order chi connectivity index (χ0) is 27.7. The molecule has 0 bridgehead atoms. The van der Waals surface area contributed by atoms with Gasteiger partial charge in [-0.2, -0.15) is 0 Å². The molecular weight excluding hydrogens is 508 g/mol. The number of piperazine rings is 1. The third kappa shape index (κ3) is 5.17. The minimum atomic E-state index is -1.79. The van der Waals surface area contributed by atoms with Gasteiger partial charge in [-0.1, -0.05) is 30.9 Å². The molecule has 39 heavy (non-hydrogen) atoms. The first kappa shape index (κ1) is 26.6. The number of carbonyl (C=O) groups excluding carboxylic acids is 3. The molecule has 0 spiro atoms. The summed E-state index contributed by atoms with van der Waals surface area (Å²) in [6.07, 6.45) is 0. The monoisotopic (exact) mass is 537 g/mol. The SMILES string of the molecule is CCN1CCN(Cc2ccc(C#CC3(CN4Cc5ccc(OC)c(F)c5C4=O)NC(=O)NC3=O)cc2F)CC1. The molecule has 2 fully saturated rings. The van der Waals surface area contributed by atoms with E-state index in [2.05, 4.69) is 39.2 Å². The molecule has 0 aliphatic carbocycles. The third-order valence-electron chi connectivity index (χ3n) is 7.42. The number of urea groups is 1. The van der Waals surface area contributed by atoms with Crippen molar-refractivity contribution in [3.05, 3.63) is 64.2 Å². The average Bonchev–Trinajstić information content (AvgIpc) is 3.39. The van der Waals surface area contributed by atoms with Crippen LogP contribution in [0.25, 0.3) is 0 Å². The highest BCUT2D eigenvalue weighted by molar-refractivity contribution is 6.10. The van der Waals surface area contributed by atoms with E-state index in [4.69, 9.17) is 4.74 Å². The summed E-state index contributed by atoms with van der Waals surface area (Å²) in [4.78, 5) is 43.7. The smallest absolute Gasteiger partial charge is 0.323 e. The Morgan fingerprint density at radius 3 is 2.44 bits per heavy atom. The fourth-order valence-electron chi connectivity index (χ4n) is 5.13. The molecule has 0 saturated carbocycles. The van der Waals surface area contributed by atoms with Gasteiger partial charge in [-0.15, -0.1) is 0 Å². The van der Waals surface area contributed by atoms with Crippen molar-refractivity contribution in [2.24, 2.45) is 0 Å². The fourth-order valence-corrected chi connectivity index (χ4v) is 5.13. The van der Waals surface area contributed by atoms with Crippen LogP contribution in [0.3, 0.4) is 0 Å². The fraction of sp³-hybridized carbons (Fsp3) is 0.393. The summed E-state index contributed by atoms with van der Waals surface area (Å²) < 4.78 is 34.7. The zero-order valence-corrected chi connectivity index (χ0v) is 21.8. The Bertz CT molecular complexity index is 1400. The van der Waals surface area contributed by atoms with Crippen LogP contribution in [0, 0.1) is 23.5 Å². The van der Waals surface area contributed by atoms with Gasteiger partial charge in [0.05, 0.1) is 19.2 Å². The number of fused-ring (bicyclic) bond motifs is 1. The molecule has 1 atom stereocenters. The predicted molar refractivity (Wildman–Crippen MR) is 138 cm³/mol. The number of rotatable bonds is 6. The summed E-state index contributed by atoms with van der Waals surface area (Å²) in [5, 5.41) is 4.65.